The first-order valence-corrected chi connectivity index (χ1v) is 6.17. The zero-order valence-corrected chi connectivity index (χ0v) is 11.1. The zero-order chi connectivity index (χ0) is 14.4. The number of nitrogens with zero attached hydrogens (tertiary/aromatic N) is 2. The summed E-state index contributed by atoms with van der Waals surface area (Å²) in [6.07, 6.45) is 0. The topological polar surface area (TPSA) is 65.2 Å². The normalized spacial score (nSPS) is 10.7. The van der Waals surface area contributed by atoms with Crippen LogP contribution in [0.3, 0.4) is 0 Å². The van der Waals surface area contributed by atoms with Crippen LogP contribution in [0.2, 0.25) is 0 Å². The largest absolute Gasteiger partial charge is 0.286 e. The van der Waals surface area contributed by atoms with Gasteiger partial charge >= 0.3 is 0 Å². The van der Waals surface area contributed by atoms with Crippen molar-refractivity contribution in [2.75, 3.05) is 5.43 Å². The van der Waals surface area contributed by atoms with Gasteiger partial charge in [-0.25, -0.2) is 0 Å². The van der Waals surface area contributed by atoms with Crippen LogP contribution in [0, 0.1) is 11.3 Å². The SMILES string of the molecule is N#Cc1ccc(N/N=C(\Cl)C(=O)c2ccccc2)cc1. The molecule has 98 valence electrons. The minimum Gasteiger partial charge on any atom is -0.286 e. The summed E-state index contributed by atoms with van der Waals surface area (Å²) in [6, 6.07) is 17.3. The highest BCUT2D eigenvalue weighted by Crippen LogP contribution is 2.10. The molecule has 0 bridgehead atoms. The van der Waals surface area contributed by atoms with Crippen molar-refractivity contribution in [2.45, 2.75) is 0 Å². The first kappa shape index (κ1) is 13.8. The number of hydrogen-bond acceptors (Lipinski definition) is 4. The molecule has 0 saturated heterocycles. The zero-order valence-electron chi connectivity index (χ0n) is 10.4. The second-order valence-electron chi connectivity index (χ2n) is 3.90. The van der Waals surface area contributed by atoms with Crippen LogP contribution >= 0.6 is 11.6 Å². The van der Waals surface area contributed by atoms with E-state index >= 15 is 0 Å². The molecular formula is C15H10ClN3O. The maximum absolute atomic E-state index is 11.9. The van der Waals surface area contributed by atoms with Crippen molar-refractivity contribution in [1.82, 2.24) is 0 Å². The second kappa shape index (κ2) is 6.50. The average Bonchev–Trinajstić information content (AvgIpc) is 2.53. The summed E-state index contributed by atoms with van der Waals surface area (Å²) in [7, 11) is 0. The number of anilines is 1. The molecule has 2 rings (SSSR count). The fraction of sp³-hybridized carbons (Fsp3) is 0. The highest BCUT2D eigenvalue weighted by atomic mass is 35.5. The molecule has 0 atom stereocenters. The molecule has 2 aromatic carbocycles. The van der Waals surface area contributed by atoms with Crippen molar-refractivity contribution in [3.05, 3.63) is 65.7 Å². The van der Waals surface area contributed by atoms with Gasteiger partial charge in [0.05, 0.1) is 17.3 Å². The van der Waals surface area contributed by atoms with Gasteiger partial charge in [0, 0.05) is 5.56 Å². The van der Waals surface area contributed by atoms with Crippen LogP contribution in [-0.2, 0) is 0 Å². The number of carbonyl (C=O) groups excluding carboxylic acids is 1. The monoisotopic (exact) mass is 283 g/mol. The van der Waals surface area contributed by atoms with Crippen molar-refractivity contribution >= 4 is 28.2 Å². The molecule has 0 amide bonds. The minimum atomic E-state index is -0.353. The first-order chi connectivity index (χ1) is 9.70. The Balaban J connectivity index is 2.07. The third-order valence-electron chi connectivity index (χ3n) is 2.52. The average molecular weight is 284 g/mol. The molecule has 20 heavy (non-hydrogen) atoms. The summed E-state index contributed by atoms with van der Waals surface area (Å²) in [4.78, 5) is 11.9. The number of halogens is 1. The van der Waals surface area contributed by atoms with E-state index in [1.54, 1.807) is 48.5 Å². The third-order valence-corrected chi connectivity index (χ3v) is 2.78. The van der Waals surface area contributed by atoms with Crippen molar-refractivity contribution in [1.29, 1.82) is 5.26 Å². The molecule has 0 aromatic heterocycles. The lowest BCUT2D eigenvalue weighted by Crippen LogP contribution is -2.09. The summed E-state index contributed by atoms with van der Waals surface area (Å²) in [6.45, 7) is 0. The molecule has 0 aliphatic heterocycles. The van der Waals surface area contributed by atoms with Crippen molar-refractivity contribution in [3.63, 3.8) is 0 Å². The number of nitrogens with one attached hydrogen (secondary N) is 1. The number of nitriles is 1. The van der Waals surface area contributed by atoms with Crippen molar-refractivity contribution in [2.24, 2.45) is 5.10 Å². The van der Waals surface area contributed by atoms with E-state index in [0.717, 1.165) is 0 Å². The Morgan fingerprint density at radius 1 is 1.10 bits per heavy atom. The summed E-state index contributed by atoms with van der Waals surface area (Å²) in [5, 5.41) is 12.4. The molecule has 0 heterocycles. The maximum atomic E-state index is 11.9. The van der Waals surface area contributed by atoms with Gasteiger partial charge in [0.15, 0.2) is 5.17 Å². The number of hydrazone groups is 1. The summed E-state index contributed by atoms with van der Waals surface area (Å²) >= 11 is 5.86. The number of benzene rings is 2. The molecule has 2 aromatic rings. The number of hydrogen-bond donors (Lipinski definition) is 1. The lowest BCUT2D eigenvalue weighted by atomic mass is 10.1. The smallest absolute Gasteiger partial charge is 0.224 e. The summed E-state index contributed by atoms with van der Waals surface area (Å²) in [5.41, 5.74) is 4.34. The van der Waals surface area contributed by atoms with E-state index < -0.39 is 0 Å². The van der Waals surface area contributed by atoms with Gasteiger partial charge in [0.25, 0.3) is 0 Å². The molecule has 0 aliphatic rings. The molecular weight excluding hydrogens is 274 g/mol. The number of rotatable bonds is 4. The predicted octanol–water partition coefficient (Wildman–Crippen LogP) is 3.41. The lowest BCUT2D eigenvalue weighted by Gasteiger charge is -2.01. The van der Waals surface area contributed by atoms with Crippen LogP contribution in [0.25, 0.3) is 0 Å². The third kappa shape index (κ3) is 3.44. The molecule has 4 nitrogen and oxygen atoms in total. The van der Waals surface area contributed by atoms with Crippen LogP contribution in [0.5, 0.6) is 0 Å². The van der Waals surface area contributed by atoms with Crippen molar-refractivity contribution < 1.29 is 4.79 Å². The molecule has 0 radical (unpaired) electrons. The van der Waals surface area contributed by atoms with Gasteiger partial charge in [0.2, 0.25) is 5.78 Å². The fourth-order valence-corrected chi connectivity index (χ4v) is 1.64. The van der Waals surface area contributed by atoms with Gasteiger partial charge in [-0.1, -0.05) is 41.9 Å². The van der Waals surface area contributed by atoms with E-state index in [2.05, 4.69) is 10.5 Å². The van der Waals surface area contributed by atoms with E-state index in [-0.39, 0.29) is 11.0 Å². The Morgan fingerprint density at radius 3 is 2.35 bits per heavy atom. The molecule has 0 saturated carbocycles. The van der Waals surface area contributed by atoms with Crippen LogP contribution in [0.15, 0.2) is 59.7 Å². The van der Waals surface area contributed by atoms with Crippen LogP contribution in [0.1, 0.15) is 15.9 Å². The Kier molecular flexibility index (Phi) is 4.48. The minimum absolute atomic E-state index is 0.152. The Labute approximate surface area is 121 Å². The van der Waals surface area contributed by atoms with E-state index in [0.29, 0.717) is 16.8 Å². The van der Waals surface area contributed by atoms with Gasteiger partial charge in [-0.2, -0.15) is 10.4 Å². The van der Waals surface area contributed by atoms with Gasteiger partial charge in [0.1, 0.15) is 0 Å². The van der Waals surface area contributed by atoms with Gasteiger partial charge < -0.3 is 0 Å². The van der Waals surface area contributed by atoms with E-state index in [9.17, 15) is 4.79 Å². The predicted molar refractivity (Wildman–Crippen MR) is 78.8 cm³/mol. The lowest BCUT2D eigenvalue weighted by molar-refractivity contribution is 0.106. The summed E-state index contributed by atoms with van der Waals surface area (Å²) in [5.74, 6) is -0.353. The number of carbonyl (C=O) groups is 1. The highest BCUT2D eigenvalue weighted by Gasteiger charge is 2.10. The van der Waals surface area contributed by atoms with Gasteiger partial charge in [-0.15, -0.1) is 0 Å². The standard InChI is InChI=1S/C15H10ClN3O/c16-15(14(20)12-4-2-1-3-5-12)19-18-13-8-6-11(10-17)7-9-13/h1-9,18H/b19-15-. The van der Waals surface area contributed by atoms with E-state index in [1.165, 1.54) is 0 Å². The quantitative estimate of drug-likeness (QED) is 0.531. The Morgan fingerprint density at radius 2 is 1.75 bits per heavy atom. The van der Waals surface area contributed by atoms with Gasteiger partial charge in [-0.3, -0.25) is 10.2 Å². The molecule has 1 N–H and O–H groups in total. The fourth-order valence-electron chi connectivity index (χ4n) is 1.49. The van der Waals surface area contributed by atoms with E-state index in [4.69, 9.17) is 16.9 Å². The van der Waals surface area contributed by atoms with Crippen LogP contribution in [0.4, 0.5) is 5.69 Å². The first-order valence-electron chi connectivity index (χ1n) is 5.80. The van der Waals surface area contributed by atoms with E-state index in [1.807, 2.05) is 12.1 Å². The second-order valence-corrected chi connectivity index (χ2v) is 4.26. The maximum Gasteiger partial charge on any atom is 0.224 e. The van der Waals surface area contributed by atoms with Crippen LogP contribution < -0.4 is 5.43 Å². The highest BCUT2D eigenvalue weighted by molar-refractivity contribution is 6.84. The molecule has 0 spiro atoms. The van der Waals surface area contributed by atoms with Crippen LogP contribution in [-0.4, -0.2) is 11.0 Å². The Hall–Kier alpha value is -2.64. The van der Waals surface area contributed by atoms with Crippen molar-refractivity contribution in [3.8, 4) is 6.07 Å². The molecule has 0 unspecified atom stereocenters. The molecule has 0 aliphatic carbocycles. The Bertz CT molecular complexity index is 673. The number of Topliss-reactive ketones (excluding diaryl/α,β-unsaturated/α-hetero) is 1. The molecule has 5 heteroatoms. The number of ketones is 1. The summed E-state index contributed by atoms with van der Waals surface area (Å²) < 4.78 is 0. The molecule has 0 fully saturated rings. The van der Waals surface area contributed by atoms with Gasteiger partial charge in [-0.05, 0) is 24.3 Å².